The number of amides is 1. The highest BCUT2D eigenvalue weighted by Gasteiger charge is 2.44. The van der Waals surface area contributed by atoms with Gasteiger partial charge in [0.15, 0.2) is 0 Å². The molecule has 3 atom stereocenters. The zero-order valence-electron chi connectivity index (χ0n) is 20.2. The summed E-state index contributed by atoms with van der Waals surface area (Å²) < 4.78 is 11.6. The van der Waals surface area contributed by atoms with Gasteiger partial charge in [-0.3, -0.25) is 9.69 Å². The van der Waals surface area contributed by atoms with Crippen molar-refractivity contribution in [3.8, 4) is 0 Å². The molecule has 0 unspecified atom stereocenters. The Morgan fingerprint density at radius 2 is 1.39 bits per heavy atom. The summed E-state index contributed by atoms with van der Waals surface area (Å²) in [6.45, 7) is 2.45. The van der Waals surface area contributed by atoms with Crippen LogP contribution in [0.5, 0.6) is 0 Å². The van der Waals surface area contributed by atoms with Crippen LogP contribution in [0.4, 0.5) is 0 Å². The molecule has 1 N–H and O–H groups in total. The molecule has 36 heavy (non-hydrogen) atoms. The van der Waals surface area contributed by atoms with Crippen molar-refractivity contribution < 1.29 is 23.9 Å². The van der Waals surface area contributed by atoms with E-state index in [4.69, 9.17) is 9.47 Å². The molecule has 1 amide bonds. The number of nitrogens with one attached hydrogen (secondary N) is 1. The predicted molar refractivity (Wildman–Crippen MR) is 135 cm³/mol. The molecular formula is C29H30N2O5. The highest BCUT2D eigenvalue weighted by Crippen LogP contribution is 2.30. The average Bonchev–Trinajstić information content (AvgIpc) is 3.22. The first-order valence-electron chi connectivity index (χ1n) is 12.0. The Kier molecular flexibility index (Phi) is 8.47. The van der Waals surface area contributed by atoms with Crippen LogP contribution in [0.25, 0.3) is 0 Å². The monoisotopic (exact) mass is 486 g/mol. The third kappa shape index (κ3) is 6.58. The normalized spacial score (nSPS) is 19.4. The summed E-state index contributed by atoms with van der Waals surface area (Å²) in [5.74, 6) is -0.991. The largest absolute Gasteiger partial charge is 0.460 e. The topological polar surface area (TPSA) is 84.9 Å². The fourth-order valence-corrected chi connectivity index (χ4v) is 4.48. The van der Waals surface area contributed by atoms with Gasteiger partial charge in [0.25, 0.3) is 0 Å². The molecule has 0 radical (unpaired) electrons. The maximum atomic E-state index is 12.9. The van der Waals surface area contributed by atoms with Gasteiger partial charge in [-0.15, -0.1) is 0 Å². The van der Waals surface area contributed by atoms with E-state index in [-0.39, 0.29) is 24.6 Å². The van der Waals surface area contributed by atoms with Crippen molar-refractivity contribution in [1.29, 1.82) is 0 Å². The molecule has 0 saturated carbocycles. The highest BCUT2D eigenvalue weighted by molar-refractivity contribution is 5.90. The number of carbonyl (C=O) groups excluding carboxylic acids is 3. The summed E-state index contributed by atoms with van der Waals surface area (Å²) >= 11 is 0. The predicted octanol–water partition coefficient (Wildman–Crippen LogP) is 3.85. The molecular weight excluding hydrogens is 456 g/mol. The minimum Gasteiger partial charge on any atom is -0.460 e. The lowest BCUT2D eigenvalue weighted by molar-refractivity contribution is -0.119. The number of likely N-dealkylation sites (tertiary alicyclic amines) is 1. The molecule has 1 aliphatic heterocycles. The number of hydrogen-bond donors (Lipinski definition) is 1. The van der Waals surface area contributed by atoms with Crippen molar-refractivity contribution in [1.82, 2.24) is 10.2 Å². The van der Waals surface area contributed by atoms with Crippen molar-refractivity contribution >= 4 is 17.8 Å². The van der Waals surface area contributed by atoms with Crippen LogP contribution in [-0.4, -0.2) is 54.1 Å². The van der Waals surface area contributed by atoms with E-state index in [0.29, 0.717) is 30.6 Å². The summed E-state index contributed by atoms with van der Waals surface area (Å²) in [6.07, 6.45) is -0.0220. The number of hydrogen-bond acceptors (Lipinski definition) is 6. The molecule has 3 aromatic rings. The highest BCUT2D eigenvalue weighted by atomic mass is 16.5. The van der Waals surface area contributed by atoms with E-state index in [0.717, 1.165) is 5.56 Å². The first-order chi connectivity index (χ1) is 17.5. The van der Waals surface area contributed by atoms with Gasteiger partial charge in [-0.25, -0.2) is 9.59 Å². The molecule has 1 aliphatic rings. The quantitative estimate of drug-likeness (QED) is 0.463. The molecule has 7 nitrogen and oxygen atoms in total. The SMILES string of the molecule is CC(=O)NC[C@@H]1[C@@H](OC(=O)c2ccccc2)C[C@@H](COC(=O)c2ccccc2)N1Cc1ccccc1. The number of benzene rings is 3. The van der Waals surface area contributed by atoms with Gasteiger partial charge in [-0.1, -0.05) is 66.7 Å². The van der Waals surface area contributed by atoms with E-state index in [1.807, 2.05) is 42.5 Å². The lowest BCUT2D eigenvalue weighted by atomic mass is 10.1. The van der Waals surface area contributed by atoms with Gasteiger partial charge >= 0.3 is 11.9 Å². The van der Waals surface area contributed by atoms with Crippen LogP contribution in [0.2, 0.25) is 0 Å². The zero-order chi connectivity index (χ0) is 25.3. The Morgan fingerprint density at radius 3 is 1.97 bits per heavy atom. The first-order valence-corrected chi connectivity index (χ1v) is 12.0. The first kappa shape index (κ1) is 25.1. The van der Waals surface area contributed by atoms with Crippen LogP contribution in [0.1, 0.15) is 39.6 Å². The third-order valence-corrected chi connectivity index (χ3v) is 6.28. The number of carbonyl (C=O) groups is 3. The van der Waals surface area contributed by atoms with Crippen LogP contribution >= 0.6 is 0 Å². The number of rotatable bonds is 9. The minimum absolute atomic E-state index is 0.135. The Labute approximate surface area is 211 Å². The lowest BCUT2D eigenvalue weighted by Gasteiger charge is -2.31. The van der Waals surface area contributed by atoms with Gasteiger partial charge in [-0.2, -0.15) is 0 Å². The van der Waals surface area contributed by atoms with Crippen molar-refractivity contribution in [2.75, 3.05) is 13.2 Å². The molecule has 0 aromatic heterocycles. The van der Waals surface area contributed by atoms with Crippen LogP contribution in [0.3, 0.4) is 0 Å². The van der Waals surface area contributed by atoms with Crippen molar-refractivity contribution in [2.45, 2.75) is 38.1 Å². The Morgan fingerprint density at radius 1 is 0.833 bits per heavy atom. The fraction of sp³-hybridized carbons (Fsp3) is 0.276. The molecule has 0 spiro atoms. The third-order valence-electron chi connectivity index (χ3n) is 6.28. The van der Waals surface area contributed by atoms with E-state index in [9.17, 15) is 14.4 Å². The Hall–Kier alpha value is -3.97. The van der Waals surface area contributed by atoms with Crippen LogP contribution in [0.15, 0.2) is 91.0 Å². The lowest BCUT2D eigenvalue weighted by Crippen LogP contribution is -2.47. The minimum atomic E-state index is -0.492. The summed E-state index contributed by atoms with van der Waals surface area (Å²) in [6, 6.07) is 27.1. The number of esters is 2. The standard InChI is InChI=1S/C29H30N2O5/c1-21(32)30-18-26-27(36-29(34)24-15-9-4-10-16-24)17-25(31(26)19-22-11-5-2-6-12-22)20-35-28(33)23-13-7-3-8-14-23/h2-16,25-27H,17-20H2,1H3,(H,30,32)/t25-,26+,27-/m0/s1. The Bertz CT molecular complexity index is 1150. The molecule has 186 valence electrons. The molecule has 1 fully saturated rings. The summed E-state index contributed by atoms with van der Waals surface area (Å²) in [7, 11) is 0. The van der Waals surface area contributed by atoms with Crippen molar-refractivity contribution in [2.24, 2.45) is 0 Å². The maximum Gasteiger partial charge on any atom is 0.338 e. The van der Waals surface area contributed by atoms with E-state index in [1.54, 1.807) is 48.5 Å². The summed E-state index contributed by atoms with van der Waals surface area (Å²) in [4.78, 5) is 39.4. The molecule has 0 aliphatic carbocycles. The second-order valence-electron chi connectivity index (χ2n) is 8.83. The van der Waals surface area contributed by atoms with E-state index >= 15 is 0 Å². The second-order valence-corrected chi connectivity index (χ2v) is 8.83. The summed E-state index contributed by atoms with van der Waals surface area (Å²) in [5, 5.41) is 2.88. The Balaban J connectivity index is 1.55. The molecule has 3 aromatic carbocycles. The maximum absolute atomic E-state index is 12.9. The molecule has 4 rings (SSSR count). The average molecular weight is 487 g/mol. The van der Waals surface area contributed by atoms with Gasteiger partial charge in [0.05, 0.1) is 17.2 Å². The van der Waals surface area contributed by atoms with Gasteiger partial charge in [0.2, 0.25) is 5.91 Å². The van der Waals surface area contributed by atoms with Crippen LogP contribution in [0, 0.1) is 0 Å². The van der Waals surface area contributed by atoms with E-state index in [1.165, 1.54) is 6.92 Å². The number of ether oxygens (including phenoxy) is 2. The van der Waals surface area contributed by atoms with Gasteiger partial charge in [-0.05, 0) is 29.8 Å². The van der Waals surface area contributed by atoms with Gasteiger partial charge in [0.1, 0.15) is 12.7 Å². The van der Waals surface area contributed by atoms with Crippen molar-refractivity contribution in [3.63, 3.8) is 0 Å². The molecule has 0 bridgehead atoms. The molecule has 7 heteroatoms. The van der Waals surface area contributed by atoms with Gasteiger partial charge in [0, 0.05) is 32.5 Å². The van der Waals surface area contributed by atoms with Gasteiger partial charge < -0.3 is 14.8 Å². The zero-order valence-corrected chi connectivity index (χ0v) is 20.2. The van der Waals surface area contributed by atoms with Crippen LogP contribution in [-0.2, 0) is 20.8 Å². The molecule has 1 saturated heterocycles. The number of nitrogens with zero attached hydrogens (tertiary/aromatic N) is 1. The molecule has 1 heterocycles. The van der Waals surface area contributed by atoms with Crippen molar-refractivity contribution in [3.05, 3.63) is 108 Å². The van der Waals surface area contributed by atoms with E-state index < -0.39 is 18.0 Å². The van der Waals surface area contributed by atoms with E-state index in [2.05, 4.69) is 10.2 Å². The smallest absolute Gasteiger partial charge is 0.338 e. The van der Waals surface area contributed by atoms with Crippen LogP contribution < -0.4 is 5.32 Å². The second kappa shape index (κ2) is 12.1. The fourth-order valence-electron chi connectivity index (χ4n) is 4.48. The summed E-state index contributed by atoms with van der Waals surface area (Å²) in [5.41, 5.74) is 2.01.